The molecule has 0 saturated heterocycles. The van der Waals surface area contributed by atoms with Crippen LogP contribution in [0.4, 0.5) is 10.5 Å². The van der Waals surface area contributed by atoms with E-state index in [2.05, 4.69) is 20.8 Å². The quantitative estimate of drug-likeness (QED) is 0.683. The molecule has 3 aromatic rings. The van der Waals surface area contributed by atoms with E-state index in [-0.39, 0.29) is 6.03 Å². The number of amides is 2. The fourth-order valence-electron chi connectivity index (χ4n) is 2.48. The van der Waals surface area contributed by atoms with Gasteiger partial charge in [-0.2, -0.15) is 4.98 Å². The molecule has 7 nitrogen and oxygen atoms in total. The fraction of sp³-hybridized carbons (Fsp3) is 0.250. The summed E-state index contributed by atoms with van der Waals surface area (Å²) in [6, 6.07) is 14.5. The van der Waals surface area contributed by atoms with Crippen molar-refractivity contribution in [2.24, 2.45) is 5.92 Å². The zero-order chi connectivity index (χ0) is 19.2. The molecule has 3 rings (SSSR count). The Balaban J connectivity index is 1.78. The number of rotatable bonds is 6. The average Bonchev–Trinajstić information content (AvgIpc) is 3.16. The van der Waals surface area contributed by atoms with Crippen LogP contribution in [-0.2, 0) is 0 Å². The molecule has 2 N–H and O–H groups in total. The number of nitrogens with zero attached hydrogens (tertiary/aromatic N) is 2. The molecule has 1 aromatic heterocycles. The normalized spacial score (nSPS) is 10.7. The van der Waals surface area contributed by atoms with E-state index in [0.717, 1.165) is 11.1 Å². The number of ether oxygens (including phenoxy) is 1. The Bertz CT molecular complexity index is 921. The molecule has 0 radical (unpaired) electrons. The summed E-state index contributed by atoms with van der Waals surface area (Å²) in [5.41, 5.74) is 2.11. The molecule has 2 amide bonds. The highest BCUT2D eigenvalue weighted by Gasteiger charge is 2.14. The van der Waals surface area contributed by atoms with Crippen molar-refractivity contribution in [3.05, 3.63) is 48.5 Å². The fourth-order valence-corrected chi connectivity index (χ4v) is 2.48. The maximum absolute atomic E-state index is 11.9. The lowest BCUT2D eigenvalue weighted by molar-refractivity contribution is 0.251. The topological polar surface area (TPSA) is 89.3 Å². The van der Waals surface area contributed by atoms with Crippen LogP contribution in [0, 0.1) is 5.92 Å². The minimum atomic E-state index is -0.247. The number of urea groups is 1. The monoisotopic (exact) mass is 366 g/mol. The lowest BCUT2D eigenvalue weighted by atomic mass is 10.2. The van der Waals surface area contributed by atoms with Crippen LogP contribution >= 0.6 is 0 Å². The first-order chi connectivity index (χ1) is 13.1. The van der Waals surface area contributed by atoms with E-state index < -0.39 is 0 Å². The van der Waals surface area contributed by atoms with Gasteiger partial charge in [-0.3, -0.25) is 0 Å². The molecule has 7 heteroatoms. The third kappa shape index (κ3) is 4.63. The van der Waals surface area contributed by atoms with Gasteiger partial charge in [-0.1, -0.05) is 43.3 Å². The van der Waals surface area contributed by atoms with Gasteiger partial charge in [0.1, 0.15) is 5.75 Å². The highest BCUT2D eigenvalue weighted by atomic mass is 16.5. The van der Waals surface area contributed by atoms with Gasteiger partial charge in [0, 0.05) is 17.8 Å². The number of benzene rings is 2. The van der Waals surface area contributed by atoms with Crippen LogP contribution < -0.4 is 15.4 Å². The van der Waals surface area contributed by atoms with Crippen molar-refractivity contribution in [1.29, 1.82) is 0 Å². The van der Waals surface area contributed by atoms with E-state index in [0.29, 0.717) is 35.6 Å². The van der Waals surface area contributed by atoms with Crippen molar-refractivity contribution in [2.45, 2.75) is 13.8 Å². The Kier molecular flexibility index (Phi) is 5.71. The van der Waals surface area contributed by atoms with Crippen molar-refractivity contribution in [2.75, 3.05) is 19.0 Å². The van der Waals surface area contributed by atoms with Crippen LogP contribution in [0.3, 0.4) is 0 Å². The first kappa shape index (κ1) is 18.4. The van der Waals surface area contributed by atoms with Crippen LogP contribution in [0.5, 0.6) is 5.75 Å². The Morgan fingerprint density at radius 2 is 2.00 bits per heavy atom. The number of methoxy groups -OCH3 is 1. The lowest BCUT2D eigenvalue weighted by Crippen LogP contribution is -2.31. The summed E-state index contributed by atoms with van der Waals surface area (Å²) in [5, 5.41) is 9.67. The van der Waals surface area contributed by atoms with Crippen molar-refractivity contribution >= 4 is 11.7 Å². The second-order valence-electron chi connectivity index (χ2n) is 6.43. The van der Waals surface area contributed by atoms with Gasteiger partial charge in [-0.25, -0.2) is 4.79 Å². The van der Waals surface area contributed by atoms with E-state index in [9.17, 15) is 4.79 Å². The summed E-state index contributed by atoms with van der Waals surface area (Å²) in [5.74, 6) is 1.84. The first-order valence-corrected chi connectivity index (χ1v) is 8.69. The van der Waals surface area contributed by atoms with Crippen molar-refractivity contribution in [3.63, 3.8) is 0 Å². The average molecular weight is 366 g/mol. The highest BCUT2D eigenvalue weighted by Crippen LogP contribution is 2.30. The minimum Gasteiger partial charge on any atom is -0.496 e. The third-order valence-electron chi connectivity index (χ3n) is 3.81. The zero-order valence-electron chi connectivity index (χ0n) is 15.5. The number of para-hydroxylation sites is 1. The summed E-state index contributed by atoms with van der Waals surface area (Å²) < 4.78 is 10.7. The van der Waals surface area contributed by atoms with Crippen molar-refractivity contribution in [1.82, 2.24) is 15.5 Å². The van der Waals surface area contributed by atoms with Gasteiger partial charge in [0.15, 0.2) is 0 Å². The first-order valence-electron chi connectivity index (χ1n) is 8.69. The molecule has 0 unspecified atom stereocenters. The summed E-state index contributed by atoms with van der Waals surface area (Å²) >= 11 is 0. The summed E-state index contributed by atoms with van der Waals surface area (Å²) in [4.78, 5) is 16.4. The lowest BCUT2D eigenvalue weighted by Gasteiger charge is -2.09. The molecule has 1 heterocycles. The molecule has 2 aromatic carbocycles. The number of carbonyl (C=O) groups excluding carboxylic acids is 1. The van der Waals surface area contributed by atoms with Crippen molar-refractivity contribution < 1.29 is 14.1 Å². The molecular formula is C20H22N4O3. The van der Waals surface area contributed by atoms with E-state index in [1.807, 2.05) is 50.2 Å². The number of hydrogen-bond acceptors (Lipinski definition) is 5. The van der Waals surface area contributed by atoms with Crippen LogP contribution in [0.2, 0.25) is 0 Å². The summed E-state index contributed by atoms with van der Waals surface area (Å²) in [6.07, 6.45) is 0. The minimum absolute atomic E-state index is 0.247. The van der Waals surface area contributed by atoms with Crippen LogP contribution in [-0.4, -0.2) is 29.8 Å². The van der Waals surface area contributed by atoms with E-state index in [1.54, 1.807) is 19.2 Å². The number of nitrogens with one attached hydrogen (secondary N) is 2. The molecule has 0 spiro atoms. The second-order valence-corrected chi connectivity index (χ2v) is 6.43. The standard InChI is InChI=1S/C20H22N4O3/c1-13(2)12-21-20(25)22-15-8-6-7-14(11-15)18-23-19(27-24-18)16-9-4-5-10-17(16)26-3/h4-11,13H,12H2,1-3H3,(H2,21,22,25). The number of anilines is 1. The van der Waals surface area contributed by atoms with Gasteiger partial charge in [0.2, 0.25) is 5.82 Å². The molecule has 27 heavy (non-hydrogen) atoms. The molecule has 0 aliphatic carbocycles. The van der Waals surface area contributed by atoms with Crippen LogP contribution in [0.1, 0.15) is 13.8 Å². The van der Waals surface area contributed by atoms with Gasteiger partial charge in [-0.05, 0) is 30.2 Å². The van der Waals surface area contributed by atoms with Crippen LogP contribution in [0.15, 0.2) is 53.1 Å². The van der Waals surface area contributed by atoms with Gasteiger partial charge in [0.25, 0.3) is 5.89 Å². The molecule has 0 saturated carbocycles. The van der Waals surface area contributed by atoms with Gasteiger partial charge < -0.3 is 19.9 Å². The zero-order valence-corrected chi connectivity index (χ0v) is 15.5. The molecular weight excluding hydrogens is 344 g/mol. The molecule has 0 aliphatic heterocycles. The molecule has 140 valence electrons. The van der Waals surface area contributed by atoms with Gasteiger partial charge in [-0.15, -0.1) is 0 Å². The Morgan fingerprint density at radius 3 is 2.78 bits per heavy atom. The predicted molar refractivity (Wildman–Crippen MR) is 104 cm³/mol. The highest BCUT2D eigenvalue weighted by molar-refractivity contribution is 5.89. The van der Waals surface area contributed by atoms with E-state index in [1.165, 1.54) is 0 Å². The maximum Gasteiger partial charge on any atom is 0.319 e. The largest absolute Gasteiger partial charge is 0.496 e. The Morgan fingerprint density at radius 1 is 1.19 bits per heavy atom. The predicted octanol–water partition coefficient (Wildman–Crippen LogP) is 4.19. The maximum atomic E-state index is 11.9. The smallest absolute Gasteiger partial charge is 0.319 e. The Hall–Kier alpha value is -3.35. The molecule has 0 aliphatic rings. The molecule has 0 atom stereocenters. The third-order valence-corrected chi connectivity index (χ3v) is 3.81. The molecule has 0 fully saturated rings. The molecule has 0 bridgehead atoms. The Labute approximate surface area is 157 Å². The van der Waals surface area contributed by atoms with Crippen molar-refractivity contribution in [3.8, 4) is 28.6 Å². The SMILES string of the molecule is COc1ccccc1-c1nc(-c2cccc(NC(=O)NCC(C)C)c2)no1. The number of hydrogen-bond donors (Lipinski definition) is 2. The second kappa shape index (κ2) is 8.35. The number of carbonyl (C=O) groups is 1. The van der Waals surface area contributed by atoms with Gasteiger partial charge in [0.05, 0.1) is 12.7 Å². The van der Waals surface area contributed by atoms with E-state index >= 15 is 0 Å². The summed E-state index contributed by atoms with van der Waals surface area (Å²) in [7, 11) is 1.59. The van der Waals surface area contributed by atoms with E-state index in [4.69, 9.17) is 9.26 Å². The van der Waals surface area contributed by atoms with Gasteiger partial charge >= 0.3 is 6.03 Å². The van der Waals surface area contributed by atoms with Crippen LogP contribution in [0.25, 0.3) is 22.8 Å². The summed E-state index contributed by atoms with van der Waals surface area (Å²) in [6.45, 7) is 4.69. The number of aromatic nitrogens is 2.